The molecule has 1 aliphatic heterocycles. The Morgan fingerprint density at radius 2 is 1.90 bits per heavy atom. The van der Waals surface area contributed by atoms with Crippen LogP contribution < -0.4 is 0 Å². The van der Waals surface area contributed by atoms with Crippen molar-refractivity contribution in [2.45, 2.75) is 49.2 Å². The van der Waals surface area contributed by atoms with Crippen molar-refractivity contribution in [3.05, 3.63) is 40.6 Å². The van der Waals surface area contributed by atoms with E-state index >= 15 is 0 Å². The number of thioether (sulfide) groups is 1. The van der Waals surface area contributed by atoms with E-state index in [9.17, 15) is 8.42 Å². The minimum atomic E-state index is -3.58. The average molecular weight is 459 g/mol. The molecule has 31 heavy (non-hydrogen) atoms. The van der Waals surface area contributed by atoms with Crippen molar-refractivity contribution in [2.24, 2.45) is 14.1 Å². The molecule has 1 aliphatic carbocycles. The first-order valence-corrected chi connectivity index (χ1v) is 13.0. The summed E-state index contributed by atoms with van der Waals surface area (Å²) >= 11 is 1.62. The largest absolute Gasteiger partial charge is 0.304 e. The SMILES string of the molecule is CCSc1nnc(-c2nn(C)c3c2CN(S(=O)(=O)c2ccc4c(c2)CCC4)CC3)n1C. The molecule has 0 N–H and O–H groups in total. The van der Waals surface area contributed by atoms with Crippen molar-refractivity contribution >= 4 is 21.8 Å². The zero-order valence-corrected chi connectivity index (χ0v) is 19.6. The number of nitrogens with zero attached hydrogens (tertiary/aromatic N) is 6. The van der Waals surface area contributed by atoms with Crippen LogP contribution >= 0.6 is 11.8 Å². The van der Waals surface area contributed by atoms with Gasteiger partial charge >= 0.3 is 0 Å². The Kier molecular flexibility index (Phi) is 5.18. The molecule has 8 nitrogen and oxygen atoms in total. The maximum absolute atomic E-state index is 13.5. The Morgan fingerprint density at radius 1 is 1.10 bits per heavy atom. The summed E-state index contributed by atoms with van der Waals surface area (Å²) in [6.45, 7) is 2.81. The lowest BCUT2D eigenvalue weighted by atomic mass is 10.1. The Balaban J connectivity index is 1.50. The Morgan fingerprint density at radius 3 is 2.71 bits per heavy atom. The highest BCUT2D eigenvalue weighted by Gasteiger charge is 2.34. The van der Waals surface area contributed by atoms with Crippen LogP contribution in [-0.2, 0) is 49.9 Å². The van der Waals surface area contributed by atoms with E-state index in [2.05, 4.69) is 17.1 Å². The van der Waals surface area contributed by atoms with Crippen molar-refractivity contribution < 1.29 is 8.42 Å². The molecule has 0 spiro atoms. The summed E-state index contributed by atoms with van der Waals surface area (Å²) in [6, 6.07) is 5.61. The normalized spacial score (nSPS) is 16.5. The molecule has 0 bridgehead atoms. The van der Waals surface area contributed by atoms with E-state index in [4.69, 9.17) is 5.10 Å². The predicted molar refractivity (Wildman–Crippen MR) is 119 cm³/mol. The molecule has 5 rings (SSSR count). The van der Waals surface area contributed by atoms with Crippen molar-refractivity contribution in [1.82, 2.24) is 28.9 Å². The number of hydrogen-bond donors (Lipinski definition) is 0. The van der Waals surface area contributed by atoms with E-state index in [1.165, 1.54) is 11.1 Å². The second kappa shape index (κ2) is 7.75. The van der Waals surface area contributed by atoms with Gasteiger partial charge in [0.1, 0.15) is 5.69 Å². The first-order valence-electron chi connectivity index (χ1n) is 10.6. The summed E-state index contributed by atoms with van der Waals surface area (Å²) in [5.41, 5.74) is 5.13. The lowest BCUT2D eigenvalue weighted by Gasteiger charge is -2.27. The summed E-state index contributed by atoms with van der Waals surface area (Å²) in [7, 11) is 0.254. The van der Waals surface area contributed by atoms with Gasteiger partial charge in [-0.2, -0.15) is 9.40 Å². The minimum absolute atomic E-state index is 0.293. The van der Waals surface area contributed by atoms with Gasteiger partial charge in [0, 0.05) is 44.9 Å². The van der Waals surface area contributed by atoms with Crippen LogP contribution in [0.5, 0.6) is 0 Å². The molecule has 0 saturated heterocycles. The van der Waals surface area contributed by atoms with Gasteiger partial charge < -0.3 is 4.57 Å². The molecular weight excluding hydrogens is 432 g/mol. The fourth-order valence-corrected chi connectivity index (χ4v) is 6.68. The number of aromatic nitrogens is 5. The van der Waals surface area contributed by atoms with E-state index in [-0.39, 0.29) is 0 Å². The Bertz CT molecular complexity index is 1260. The van der Waals surface area contributed by atoms with E-state index in [0.29, 0.717) is 35.9 Å². The summed E-state index contributed by atoms with van der Waals surface area (Å²) < 4.78 is 32.3. The van der Waals surface area contributed by atoms with E-state index in [0.717, 1.165) is 41.4 Å². The van der Waals surface area contributed by atoms with Crippen LogP contribution in [-0.4, -0.2) is 49.6 Å². The fourth-order valence-electron chi connectivity index (χ4n) is 4.59. The number of fused-ring (bicyclic) bond motifs is 2. The number of rotatable bonds is 5. The lowest BCUT2D eigenvalue weighted by molar-refractivity contribution is 0.386. The van der Waals surface area contributed by atoms with Gasteiger partial charge in [0.15, 0.2) is 11.0 Å². The van der Waals surface area contributed by atoms with Crippen molar-refractivity contribution in [1.29, 1.82) is 0 Å². The van der Waals surface area contributed by atoms with Gasteiger partial charge in [0.25, 0.3) is 0 Å². The molecule has 0 saturated carbocycles. The molecule has 0 unspecified atom stereocenters. The molecule has 0 fully saturated rings. The topological polar surface area (TPSA) is 85.9 Å². The Hall–Kier alpha value is -2.17. The van der Waals surface area contributed by atoms with E-state index < -0.39 is 10.0 Å². The van der Waals surface area contributed by atoms with Gasteiger partial charge in [-0.3, -0.25) is 4.68 Å². The van der Waals surface area contributed by atoms with Gasteiger partial charge in [0.05, 0.1) is 4.90 Å². The lowest BCUT2D eigenvalue weighted by Crippen LogP contribution is -2.36. The molecule has 164 valence electrons. The quantitative estimate of drug-likeness (QED) is 0.546. The molecule has 0 amide bonds. The number of sulfonamides is 1. The molecule has 10 heteroatoms. The molecule has 2 aliphatic rings. The number of benzene rings is 1. The van der Waals surface area contributed by atoms with Crippen LogP contribution in [0.25, 0.3) is 11.5 Å². The van der Waals surface area contributed by atoms with Crippen LogP contribution in [0.1, 0.15) is 35.7 Å². The monoisotopic (exact) mass is 458 g/mol. The number of aryl methyl sites for hydroxylation is 3. The summed E-state index contributed by atoms with van der Waals surface area (Å²) in [5, 5.41) is 14.2. The van der Waals surface area contributed by atoms with Crippen LogP contribution in [0.4, 0.5) is 0 Å². The number of hydrogen-bond acceptors (Lipinski definition) is 6. The van der Waals surface area contributed by atoms with Gasteiger partial charge in [-0.15, -0.1) is 10.2 Å². The van der Waals surface area contributed by atoms with Crippen molar-refractivity contribution in [3.63, 3.8) is 0 Å². The maximum Gasteiger partial charge on any atom is 0.243 e. The summed E-state index contributed by atoms with van der Waals surface area (Å²) in [5.74, 6) is 1.57. The minimum Gasteiger partial charge on any atom is -0.304 e. The van der Waals surface area contributed by atoms with Crippen LogP contribution in [0, 0.1) is 0 Å². The molecule has 3 heterocycles. The van der Waals surface area contributed by atoms with Crippen LogP contribution in [0.3, 0.4) is 0 Å². The first-order chi connectivity index (χ1) is 14.9. The highest BCUT2D eigenvalue weighted by Crippen LogP contribution is 2.33. The molecular formula is C21H26N6O2S2. The molecule has 0 radical (unpaired) electrons. The van der Waals surface area contributed by atoms with Gasteiger partial charge in [0.2, 0.25) is 10.0 Å². The first kappa shape index (κ1) is 20.7. The third-order valence-electron chi connectivity index (χ3n) is 6.24. The third-order valence-corrected chi connectivity index (χ3v) is 8.98. The zero-order valence-electron chi connectivity index (χ0n) is 18.0. The maximum atomic E-state index is 13.5. The molecule has 1 aromatic carbocycles. The van der Waals surface area contributed by atoms with Gasteiger partial charge in [-0.25, -0.2) is 8.42 Å². The van der Waals surface area contributed by atoms with Crippen molar-refractivity contribution in [3.8, 4) is 11.5 Å². The highest BCUT2D eigenvalue weighted by atomic mass is 32.2. The highest BCUT2D eigenvalue weighted by molar-refractivity contribution is 7.99. The second-order valence-corrected chi connectivity index (χ2v) is 11.2. The summed E-state index contributed by atoms with van der Waals surface area (Å²) in [6.07, 6.45) is 3.72. The second-order valence-electron chi connectivity index (χ2n) is 8.07. The van der Waals surface area contributed by atoms with E-state index in [1.807, 2.05) is 35.5 Å². The van der Waals surface area contributed by atoms with Crippen LogP contribution in [0.15, 0.2) is 28.3 Å². The summed E-state index contributed by atoms with van der Waals surface area (Å²) in [4.78, 5) is 0.391. The average Bonchev–Trinajstić information content (AvgIpc) is 3.46. The standard InChI is InChI=1S/C21H26N6O2S2/c1-4-30-21-23-22-20(25(21)2)19-17-13-27(11-10-18(17)26(3)24-19)31(28,29)16-9-8-14-6-5-7-15(14)12-16/h8-9,12H,4-7,10-11,13H2,1-3H3. The molecule has 3 aromatic rings. The fraction of sp³-hybridized carbons (Fsp3) is 0.476. The molecule has 2 aromatic heterocycles. The van der Waals surface area contributed by atoms with Crippen molar-refractivity contribution in [2.75, 3.05) is 12.3 Å². The zero-order chi connectivity index (χ0) is 21.8. The van der Waals surface area contributed by atoms with Gasteiger partial charge in [-0.1, -0.05) is 24.8 Å². The smallest absolute Gasteiger partial charge is 0.243 e. The van der Waals surface area contributed by atoms with Crippen LogP contribution in [0.2, 0.25) is 0 Å². The predicted octanol–water partition coefficient (Wildman–Crippen LogP) is 2.56. The third kappa shape index (κ3) is 3.41. The van der Waals surface area contributed by atoms with E-state index in [1.54, 1.807) is 22.1 Å². The van der Waals surface area contributed by atoms with Gasteiger partial charge in [-0.05, 0) is 48.3 Å². The molecule has 0 atom stereocenters. The Labute approximate surface area is 186 Å².